The van der Waals surface area contributed by atoms with Gasteiger partial charge in [-0.1, -0.05) is 13.8 Å². The fourth-order valence-corrected chi connectivity index (χ4v) is 2.21. The number of anilines is 1. The molecule has 20 heavy (non-hydrogen) atoms. The van der Waals surface area contributed by atoms with Gasteiger partial charge in [-0.15, -0.1) is 0 Å². The molecule has 7 nitrogen and oxygen atoms in total. The van der Waals surface area contributed by atoms with Crippen LogP contribution in [-0.2, 0) is 4.79 Å². The van der Waals surface area contributed by atoms with Gasteiger partial charge in [-0.05, 0) is 12.8 Å². The van der Waals surface area contributed by atoms with Gasteiger partial charge in [0, 0.05) is 31.1 Å². The Morgan fingerprint density at radius 2 is 2.10 bits per heavy atom. The van der Waals surface area contributed by atoms with Gasteiger partial charge >= 0.3 is 0 Å². The topological polar surface area (TPSA) is 104 Å². The molecular formula is C13H21N5O2. The number of hydrogen-bond acceptors (Lipinski definition) is 4. The van der Waals surface area contributed by atoms with Crippen LogP contribution in [0.5, 0.6) is 0 Å². The summed E-state index contributed by atoms with van der Waals surface area (Å²) in [6.45, 7) is 4.99. The van der Waals surface area contributed by atoms with Gasteiger partial charge < -0.3 is 16.0 Å². The van der Waals surface area contributed by atoms with E-state index in [4.69, 9.17) is 5.73 Å². The number of nitrogens with zero attached hydrogens (tertiary/aromatic N) is 2. The summed E-state index contributed by atoms with van der Waals surface area (Å²) in [6.07, 6.45) is 1.54. The van der Waals surface area contributed by atoms with E-state index in [2.05, 4.69) is 15.5 Å². The van der Waals surface area contributed by atoms with Gasteiger partial charge in [0.1, 0.15) is 11.5 Å². The maximum absolute atomic E-state index is 12.2. The van der Waals surface area contributed by atoms with Crippen LogP contribution in [0.1, 0.15) is 37.2 Å². The van der Waals surface area contributed by atoms with Crippen LogP contribution in [-0.4, -0.2) is 46.0 Å². The minimum Gasteiger partial charge on any atom is -0.382 e. The number of H-pyrrole nitrogens is 1. The lowest BCUT2D eigenvalue weighted by Crippen LogP contribution is -2.47. The number of likely N-dealkylation sites (tertiary alicyclic amines) is 1. The Kier molecular flexibility index (Phi) is 4.26. The largest absolute Gasteiger partial charge is 0.382 e. The zero-order chi connectivity index (χ0) is 14.7. The molecule has 0 saturated carbocycles. The molecule has 1 aromatic heterocycles. The molecule has 0 atom stereocenters. The fraction of sp³-hybridized carbons (Fsp3) is 0.615. The quantitative estimate of drug-likeness (QED) is 0.743. The first-order valence-electron chi connectivity index (χ1n) is 6.88. The third kappa shape index (κ3) is 3.28. The van der Waals surface area contributed by atoms with E-state index in [1.807, 2.05) is 13.8 Å². The van der Waals surface area contributed by atoms with Crippen LogP contribution in [0, 0.1) is 5.92 Å². The standard InChI is InChI=1S/C13H21N5O2/c1-8(2)12(19)15-9-3-5-18(6-4-9)13(20)10-7-11(14)17-16-10/h7-9H,3-6H2,1-2H3,(H,15,19)(H3,14,16,17). The van der Waals surface area contributed by atoms with Gasteiger partial charge in [0.05, 0.1) is 0 Å². The minimum absolute atomic E-state index is 0.0115. The van der Waals surface area contributed by atoms with Crippen LogP contribution in [0.2, 0.25) is 0 Å². The highest BCUT2D eigenvalue weighted by molar-refractivity contribution is 5.93. The average Bonchev–Trinajstić information content (AvgIpc) is 2.85. The molecule has 1 fully saturated rings. The Balaban J connectivity index is 1.85. The van der Waals surface area contributed by atoms with E-state index in [0.29, 0.717) is 24.6 Å². The van der Waals surface area contributed by atoms with E-state index < -0.39 is 0 Å². The van der Waals surface area contributed by atoms with E-state index in [1.54, 1.807) is 4.90 Å². The Hall–Kier alpha value is -2.05. The number of carbonyl (C=O) groups is 2. The Labute approximate surface area is 117 Å². The third-order valence-electron chi connectivity index (χ3n) is 3.48. The zero-order valence-electron chi connectivity index (χ0n) is 11.8. The maximum atomic E-state index is 12.2. The van der Waals surface area contributed by atoms with Gasteiger partial charge in [-0.2, -0.15) is 5.10 Å². The van der Waals surface area contributed by atoms with Gasteiger partial charge in [-0.25, -0.2) is 0 Å². The highest BCUT2D eigenvalue weighted by atomic mass is 16.2. The van der Waals surface area contributed by atoms with Crippen molar-refractivity contribution in [2.45, 2.75) is 32.7 Å². The second-order valence-corrected chi connectivity index (χ2v) is 5.44. The lowest BCUT2D eigenvalue weighted by Gasteiger charge is -2.32. The first-order chi connectivity index (χ1) is 9.47. The zero-order valence-corrected chi connectivity index (χ0v) is 11.8. The molecule has 1 aromatic rings. The lowest BCUT2D eigenvalue weighted by atomic mass is 10.0. The molecule has 0 radical (unpaired) electrons. The molecule has 1 saturated heterocycles. The molecule has 0 unspecified atom stereocenters. The van der Waals surface area contributed by atoms with Crippen LogP contribution in [0.15, 0.2) is 6.07 Å². The van der Waals surface area contributed by atoms with Crippen LogP contribution >= 0.6 is 0 Å². The van der Waals surface area contributed by atoms with Gasteiger partial charge in [-0.3, -0.25) is 14.7 Å². The Morgan fingerprint density at radius 1 is 1.45 bits per heavy atom. The number of rotatable bonds is 3. The molecule has 2 heterocycles. The molecule has 1 aliphatic heterocycles. The van der Waals surface area contributed by atoms with E-state index >= 15 is 0 Å². The van der Waals surface area contributed by atoms with Crippen molar-refractivity contribution in [3.05, 3.63) is 11.8 Å². The van der Waals surface area contributed by atoms with Gasteiger partial charge in [0.15, 0.2) is 0 Å². The molecule has 7 heteroatoms. The summed E-state index contributed by atoms with van der Waals surface area (Å²) in [5.74, 6) is 0.272. The van der Waals surface area contributed by atoms with Crippen molar-refractivity contribution >= 4 is 17.6 Å². The summed E-state index contributed by atoms with van der Waals surface area (Å²) in [7, 11) is 0. The summed E-state index contributed by atoms with van der Waals surface area (Å²) in [6, 6.07) is 1.69. The van der Waals surface area contributed by atoms with Gasteiger partial charge in [0.25, 0.3) is 5.91 Å². The van der Waals surface area contributed by atoms with Crippen LogP contribution in [0.3, 0.4) is 0 Å². The molecule has 0 bridgehead atoms. The highest BCUT2D eigenvalue weighted by Gasteiger charge is 2.25. The molecule has 0 aliphatic carbocycles. The second-order valence-electron chi connectivity index (χ2n) is 5.44. The normalized spacial score (nSPS) is 16.4. The number of nitrogen functional groups attached to an aromatic ring is 1. The summed E-state index contributed by atoms with van der Waals surface area (Å²) in [4.78, 5) is 25.5. The first-order valence-corrected chi connectivity index (χ1v) is 6.88. The SMILES string of the molecule is CC(C)C(=O)NC1CCN(C(=O)c2cc(N)n[nH]2)CC1. The third-order valence-corrected chi connectivity index (χ3v) is 3.48. The number of nitrogens with one attached hydrogen (secondary N) is 2. The van der Waals surface area contributed by atoms with Crippen molar-refractivity contribution in [1.82, 2.24) is 20.4 Å². The summed E-state index contributed by atoms with van der Waals surface area (Å²) >= 11 is 0. The fourth-order valence-electron chi connectivity index (χ4n) is 2.21. The van der Waals surface area contributed by atoms with Crippen molar-refractivity contribution in [2.75, 3.05) is 18.8 Å². The molecule has 110 valence electrons. The van der Waals surface area contributed by atoms with E-state index in [-0.39, 0.29) is 23.8 Å². The lowest BCUT2D eigenvalue weighted by molar-refractivity contribution is -0.124. The number of piperidine rings is 1. The van der Waals surface area contributed by atoms with Crippen molar-refractivity contribution < 1.29 is 9.59 Å². The number of carbonyl (C=O) groups excluding carboxylic acids is 2. The summed E-state index contributed by atoms with van der Waals surface area (Å²) in [5, 5.41) is 9.38. The Bertz CT molecular complexity index is 489. The minimum atomic E-state index is -0.0946. The van der Waals surface area contributed by atoms with Crippen LogP contribution in [0.25, 0.3) is 0 Å². The molecule has 2 rings (SSSR count). The first kappa shape index (κ1) is 14.4. The molecule has 2 amide bonds. The van der Waals surface area contributed by atoms with Crippen LogP contribution in [0.4, 0.5) is 5.82 Å². The van der Waals surface area contributed by atoms with Crippen molar-refractivity contribution in [3.63, 3.8) is 0 Å². The number of amides is 2. The van der Waals surface area contributed by atoms with E-state index in [1.165, 1.54) is 6.07 Å². The second kappa shape index (κ2) is 5.94. The molecule has 1 aliphatic rings. The van der Waals surface area contributed by atoms with E-state index in [0.717, 1.165) is 12.8 Å². The Morgan fingerprint density at radius 3 is 2.60 bits per heavy atom. The number of nitrogens with two attached hydrogens (primary N) is 1. The van der Waals surface area contributed by atoms with Crippen molar-refractivity contribution in [3.8, 4) is 0 Å². The molecule has 0 aromatic carbocycles. The van der Waals surface area contributed by atoms with Crippen molar-refractivity contribution in [1.29, 1.82) is 0 Å². The number of hydrogen-bond donors (Lipinski definition) is 3. The average molecular weight is 279 g/mol. The highest BCUT2D eigenvalue weighted by Crippen LogP contribution is 2.14. The monoisotopic (exact) mass is 279 g/mol. The molecule has 0 spiro atoms. The summed E-state index contributed by atoms with van der Waals surface area (Å²) < 4.78 is 0. The van der Waals surface area contributed by atoms with E-state index in [9.17, 15) is 9.59 Å². The summed E-state index contributed by atoms with van der Waals surface area (Å²) in [5.41, 5.74) is 5.90. The van der Waals surface area contributed by atoms with Crippen LogP contribution < -0.4 is 11.1 Å². The predicted molar refractivity (Wildman–Crippen MR) is 74.9 cm³/mol. The number of aromatic amines is 1. The van der Waals surface area contributed by atoms with Gasteiger partial charge in [0.2, 0.25) is 5.91 Å². The van der Waals surface area contributed by atoms with Crippen molar-refractivity contribution in [2.24, 2.45) is 5.92 Å². The maximum Gasteiger partial charge on any atom is 0.271 e. The molecule has 4 N–H and O–H groups in total. The number of aromatic nitrogens is 2. The predicted octanol–water partition coefficient (Wildman–Crippen LogP) is 0.369. The molecular weight excluding hydrogens is 258 g/mol. The smallest absolute Gasteiger partial charge is 0.271 e.